The van der Waals surface area contributed by atoms with Crippen molar-refractivity contribution in [1.29, 1.82) is 0 Å². The first-order chi connectivity index (χ1) is 11.9. The molecule has 2 aliphatic rings. The predicted molar refractivity (Wildman–Crippen MR) is 90.7 cm³/mol. The first-order valence-corrected chi connectivity index (χ1v) is 8.46. The van der Waals surface area contributed by atoms with E-state index in [2.05, 4.69) is 24.1 Å². The average Bonchev–Trinajstić information content (AvgIpc) is 2.57. The molecule has 134 valence electrons. The molecule has 8 nitrogen and oxygen atoms in total. The van der Waals surface area contributed by atoms with Crippen LogP contribution in [0.1, 0.15) is 25.8 Å². The lowest BCUT2D eigenvalue weighted by molar-refractivity contribution is -0.384. The van der Waals surface area contributed by atoms with Gasteiger partial charge in [-0.1, -0.05) is 12.1 Å². The Morgan fingerprint density at radius 3 is 2.56 bits per heavy atom. The quantitative estimate of drug-likeness (QED) is 0.646. The summed E-state index contributed by atoms with van der Waals surface area (Å²) in [5.41, 5.74) is 0.802. The molecule has 2 fully saturated rings. The normalized spacial score (nSPS) is 24.2. The van der Waals surface area contributed by atoms with Crippen molar-refractivity contribution in [3.63, 3.8) is 0 Å². The van der Waals surface area contributed by atoms with Crippen molar-refractivity contribution >= 4 is 17.5 Å². The molecule has 1 N–H and O–H groups in total. The van der Waals surface area contributed by atoms with E-state index in [0.29, 0.717) is 25.9 Å². The number of nitro benzene ring substituents is 1. The summed E-state index contributed by atoms with van der Waals surface area (Å²) in [4.78, 5) is 39.2. The molecule has 2 atom stereocenters. The van der Waals surface area contributed by atoms with E-state index in [1.165, 1.54) is 12.1 Å². The Morgan fingerprint density at radius 1 is 1.28 bits per heavy atom. The molecule has 0 spiro atoms. The van der Waals surface area contributed by atoms with Crippen LogP contribution in [-0.4, -0.2) is 57.9 Å². The molecular weight excluding hydrogens is 324 g/mol. The van der Waals surface area contributed by atoms with E-state index < -0.39 is 11.0 Å². The summed E-state index contributed by atoms with van der Waals surface area (Å²) in [6.07, 6.45) is 0.610. The van der Waals surface area contributed by atoms with Crippen LogP contribution in [-0.2, 0) is 16.0 Å². The summed E-state index contributed by atoms with van der Waals surface area (Å²) in [5, 5.41) is 13.7. The second-order valence-electron chi connectivity index (χ2n) is 6.75. The van der Waals surface area contributed by atoms with Gasteiger partial charge in [-0.15, -0.1) is 0 Å². The molecule has 0 saturated carbocycles. The molecule has 0 radical (unpaired) electrons. The number of hydrogen-bond acceptors (Lipinski definition) is 5. The molecule has 0 aromatic heterocycles. The van der Waals surface area contributed by atoms with Gasteiger partial charge in [0.15, 0.2) is 0 Å². The van der Waals surface area contributed by atoms with Gasteiger partial charge in [0, 0.05) is 37.6 Å². The lowest BCUT2D eigenvalue weighted by atomic mass is 9.98. The van der Waals surface area contributed by atoms with Crippen LogP contribution in [0.4, 0.5) is 5.69 Å². The molecule has 0 aliphatic carbocycles. The van der Waals surface area contributed by atoms with Crippen LogP contribution in [0.25, 0.3) is 0 Å². The fourth-order valence-corrected chi connectivity index (χ4v) is 3.63. The third kappa shape index (κ3) is 3.34. The number of nitro groups is 1. The number of non-ortho nitro benzene ring substituents is 1. The van der Waals surface area contributed by atoms with E-state index in [1.54, 1.807) is 17.0 Å². The lowest BCUT2D eigenvalue weighted by Crippen LogP contribution is -2.71. The zero-order chi connectivity index (χ0) is 18.1. The smallest absolute Gasteiger partial charge is 0.269 e. The number of carbonyl (C=O) groups is 2. The van der Waals surface area contributed by atoms with Gasteiger partial charge in [0.05, 0.1) is 11.5 Å². The van der Waals surface area contributed by atoms with Gasteiger partial charge in [-0.05, 0) is 19.4 Å². The van der Waals surface area contributed by atoms with Crippen LogP contribution >= 0.6 is 0 Å². The molecule has 1 aromatic rings. The Balaban J connectivity index is 1.84. The fourth-order valence-electron chi connectivity index (χ4n) is 3.63. The van der Waals surface area contributed by atoms with E-state index in [-0.39, 0.29) is 29.7 Å². The van der Waals surface area contributed by atoms with Crippen molar-refractivity contribution in [2.24, 2.45) is 0 Å². The minimum atomic E-state index is -0.589. The lowest BCUT2D eigenvalue weighted by Gasteiger charge is -2.51. The minimum absolute atomic E-state index is 0.00903. The highest BCUT2D eigenvalue weighted by molar-refractivity contribution is 5.89. The van der Waals surface area contributed by atoms with Gasteiger partial charge in [-0.25, -0.2) is 0 Å². The third-order valence-corrected chi connectivity index (χ3v) is 4.91. The van der Waals surface area contributed by atoms with Gasteiger partial charge in [0.25, 0.3) is 5.69 Å². The Morgan fingerprint density at radius 2 is 1.96 bits per heavy atom. The molecule has 8 heteroatoms. The second-order valence-corrected chi connectivity index (χ2v) is 6.75. The maximum Gasteiger partial charge on any atom is 0.269 e. The van der Waals surface area contributed by atoms with Crippen LogP contribution in [0.5, 0.6) is 0 Å². The van der Waals surface area contributed by atoms with Gasteiger partial charge in [-0.2, -0.15) is 0 Å². The number of nitrogens with one attached hydrogen (secondary N) is 1. The van der Waals surface area contributed by atoms with Crippen molar-refractivity contribution in [1.82, 2.24) is 15.1 Å². The Hall–Kier alpha value is -2.48. The highest BCUT2D eigenvalue weighted by Crippen LogP contribution is 2.25. The van der Waals surface area contributed by atoms with E-state index >= 15 is 0 Å². The zero-order valence-corrected chi connectivity index (χ0v) is 14.3. The molecule has 3 rings (SSSR count). The molecule has 2 aliphatic heterocycles. The van der Waals surface area contributed by atoms with Gasteiger partial charge in [-0.3, -0.25) is 24.6 Å². The van der Waals surface area contributed by atoms with Crippen molar-refractivity contribution in [2.45, 2.75) is 44.9 Å². The summed E-state index contributed by atoms with van der Waals surface area (Å²) >= 11 is 0. The van der Waals surface area contributed by atoms with Gasteiger partial charge >= 0.3 is 0 Å². The molecule has 1 aromatic carbocycles. The van der Waals surface area contributed by atoms with E-state index in [1.807, 2.05) is 0 Å². The van der Waals surface area contributed by atoms with Crippen molar-refractivity contribution in [3.05, 3.63) is 39.9 Å². The molecule has 25 heavy (non-hydrogen) atoms. The van der Waals surface area contributed by atoms with Crippen molar-refractivity contribution in [3.8, 4) is 0 Å². The highest BCUT2D eigenvalue weighted by atomic mass is 16.6. The zero-order valence-electron chi connectivity index (χ0n) is 14.3. The highest BCUT2D eigenvalue weighted by Gasteiger charge is 2.44. The first-order valence-electron chi connectivity index (χ1n) is 8.46. The molecule has 2 amide bonds. The van der Waals surface area contributed by atoms with Gasteiger partial charge < -0.3 is 10.2 Å². The maximum atomic E-state index is 12.5. The summed E-state index contributed by atoms with van der Waals surface area (Å²) in [5.74, 6) is -0.183. The van der Waals surface area contributed by atoms with Crippen LogP contribution in [0, 0.1) is 10.1 Å². The largest absolute Gasteiger partial charge is 0.351 e. The first kappa shape index (κ1) is 17.3. The molecule has 2 heterocycles. The number of carbonyl (C=O) groups excluding carboxylic acids is 2. The maximum absolute atomic E-state index is 12.5. The molecule has 0 bridgehead atoms. The number of piperazine rings is 1. The number of hydrogen-bond donors (Lipinski definition) is 1. The molecule has 2 saturated heterocycles. The number of nitrogens with zero attached hydrogens (tertiary/aromatic N) is 3. The van der Waals surface area contributed by atoms with Crippen molar-refractivity contribution in [2.75, 3.05) is 13.1 Å². The third-order valence-electron chi connectivity index (χ3n) is 4.91. The van der Waals surface area contributed by atoms with Crippen molar-refractivity contribution < 1.29 is 14.5 Å². The summed E-state index contributed by atoms with van der Waals surface area (Å²) in [6, 6.07) is 5.82. The van der Waals surface area contributed by atoms with Crippen LogP contribution in [0.3, 0.4) is 0 Å². The summed E-state index contributed by atoms with van der Waals surface area (Å²) < 4.78 is 0. The van der Waals surface area contributed by atoms with E-state index in [0.717, 1.165) is 5.56 Å². The number of benzene rings is 1. The standard InChI is InChI=1S/C17H22N4O4/c1-11(2)19-8-7-16(22)20-14(17(23)18-10-15(19)20)9-12-3-5-13(6-4-12)21(24)25/h3-6,11,14-15H,7-10H2,1-2H3,(H,18,23). The van der Waals surface area contributed by atoms with Crippen LogP contribution in [0.2, 0.25) is 0 Å². The predicted octanol–water partition coefficient (Wildman–Crippen LogP) is 0.904. The number of amides is 2. The number of fused-ring (bicyclic) bond motifs is 1. The van der Waals surface area contributed by atoms with Crippen LogP contribution in [0.15, 0.2) is 24.3 Å². The monoisotopic (exact) mass is 346 g/mol. The van der Waals surface area contributed by atoms with Gasteiger partial charge in [0.2, 0.25) is 11.8 Å². The number of rotatable bonds is 4. The average molecular weight is 346 g/mol. The van der Waals surface area contributed by atoms with Crippen LogP contribution < -0.4 is 5.32 Å². The van der Waals surface area contributed by atoms with E-state index in [9.17, 15) is 19.7 Å². The topological polar surface area (TPSA) is 95.8 Å². The Labute approximate surface area is 145 Å². The molecule has 2 unspecified atom stereocenters. The minimum Gasteiger partial charge on any atom is -0.351 e. The second kappa shape index (κ2) is 6.79. The summed E-state index contributed by atoms with van der Waals surface area (Å²) in [7, 11) is 0. The van der Waals surface area contributed by atoms with E-state index in [4.69, 9.17) is 0 Å². The van der Waals surface area contributed by atoms with Gasteiger partial charge in [0.1, 0.15) is 12.2 Å². The SMILES string of the molecule is CC(C)N1CCC(=O)N2C(Cc3ccc([N+](=O)[O-])cc3)C(=O)NCC12. The molecular formula is C17H22N4O4. The summed E-state index contributed by atoms with van der Waals surface area (Å²) in [6.45, 7) is 5.28. The fraction of sp³-hybridized carbons (Fsp3) is 0.529. The Bertz CT molecular complexity index is 688. The Kier molecular flexibility index (Phi) is 4.71.